The summed E-state index contributed by atoms with van der Waals surface area (Å²) in [6.45, 7) is 3.67. The maximum Gasteiger partial charge on any atom is 0.233 e. The number of aromatic nitrogens is 3. The van der Waals surface area contributed by atoms with Crippen molar-refractivity contribution in [2.75, 3.05) is 0 Å². The van der Waals surface area contributed by atoms with E-state index < -0.39 is 0 Å². The van der Waals surface area contributed by atoms with Crippen molar-refractivity contribution < 1.29 is 13.6 Å². The molecule has 0 saturated carbocycles. The number of amides is 1. The quantitative estimate of drug-likeness (QED) is 0.668. The Hall–Kier alpha value is -2.61. The molecule has 0 saturated heterocycles. The second kappa shape index (κ2) is 7.74. The van der Waals surface area contributed by atoms with E-state index in [2.05, 4.69) is 15.5 Å². The standard InChI is InChI=1S/C18H19FN4O2S/c1-11(13-6-8-14(19)9-7-13)20-17(24)12(2)26-18-22-21-16(23(18)3)15-5-4-10-25-15/h4-12H,1-3H3,(H,20,24)/t11-,12-/m0/s1. The minimum absolute atomic E-state index is 0.130. The molecule has 1 amide bonds. The van der Waals surface area contributed by atoms with Crippen molar-refractivity contribution in [3.63, 3.8) is 0 Å². The van der Waals surface area contributed by atoms with E-state index in [9.17, 15) is 9.18 Å². The molecule has 0 radical (unpaired) electrons. The SMILES string of the molecule is C[C@H](Sc1nnc(-c2ccco2)n1C)C(=O)N[C@@H](C)c1ccc(F)cc1. The third kappa shape index (κ3) is 3.96. The molecule has 136 valence electrons. The fourth-order valence-electron chi connectivity index (χ4n) is 2.42. The van der Waals surface area contributed by atoms with Gasteiger partial charge in [0.1, 0.15) is 5.82 Å². The highest BCUT2D eigenvalue weighted by molar-refractivity contribution is 8.00. The Labute approximate surface area is 154 Å². The molecular formula is C18H19FN4O2S. The third-order valence-electron chi connectivity index (χ3n) is 3.96. The molecule has 3 aromatic rings. The van der Waals surface area contributed by atoms with Crippen LogP contribution in [0.15, 0.2) is 52.2 Å². The van der Waals surface area contributed by atoms with E-state index in [4.69, 9.17) is 4.42 Å². The summed E-state index contributed by atoms with van der Waals surface area (Å²) in [5, 5.41) is 11.4. The molecule has 8 heteroatoms. The number of carbonyl (C=O) groups excluding carboxylic acids is 1. The number of rotatable bonds is 6. The Balaban J connectivity index is 1.63. The van der Waals surface area contributed by atoms with Gasteiger partial charge in [0.25, 0.3) is 0 Å². The van der Waals surface area contributed by atoms with Crippen molar-refractivity contribution in [3.8, 4) is 11.6 Å². The Morgan fingerprint density at radius 2 is 1.96 bits per heavy atom. The predicted octanol–water partition coefficient (Wildman–Crippen LogP) is 3.57. The first-order valence-corrected chi connectivity index (χ1v) is 8.99. The van der Waals surface area contributed by atoms with Gasteiger partial charge in [0.2, 0.25) is 5.91 Å². The van der Waals surface area contributed by atoms with Crippen LogP contribution in [0.1, 0.15) is 25.5 Å². The predicted molar refractivity (Wildman–Crippen MR) is 97.0 cm³/mol. The smallest absolute Gasteiger partial charge is 0.233 e. The largest absolute Gasteiger partial charge is 0.461 e. The minimum Gasteiger partial charge on any atom is -0.461 e. The second-order valence-electron chi connectivity index (χ2n) is 5.88. The van der Waals surface area contributed by atoms with Crippen molar-refractivity contribution in [2.24, 2.45) is 7.05 Å². The minimum atomic E-state index is -0.370. The van der Waals surface area contributed by atoms with Crippen LogP contribution in [0.4, 0.5) is 4.39 Å². The van der Waals surface area contributed by atoms with Crippen LogP contribution in [-0.2, 0) is 11.8 Å². The molecule has 0 aliphatic carbocycles. The number of carbonyl (C=O) groups is 1. The highest BCUT2D eigenvalue weighted by atomic mass is 32.2. The first-order chi connectivity index (χ1) is 12.5. The van der Waals surface area contributed by atoms with E-state index in [1.165, 1.54) is 23.9 Å². The van der Waals surface area contributed by atoms with Crippen LogP contribution in [0, 0.1) is 5.82 Å². The van der Waals surface area contributed by atoms with Crippen molar-refractivity contribution in [2.45, 2.75) is 30.3 Å². The van der Waals surface area contributed by atoms with Crippen molar-refractivity contribution in [1.82, 2.24) is 20.1 Å². The van der Waals surface area contributed by atoms with Crippen LogP contribution in [0.2, 0.25) is 0 Å². The Morgan fingerprint density at radius 3 is 2.62 bits per heavy atom. The van der Waals surface area contributed by atoms with Crippen LogP contribution in [-0.4, -0.2) is 25.9 Å². The van der Waals surface area contributed by atoms with Crippen LogP contribution in [0.5, 0.6) is 0 Å². The van der Waals surface area contributed by atoms with Gasteiger partial charge in [0, 0.05) is 7.05 Å². The molecular weight excluding hydrogens is 355 g/mol. The molecule has 0 bridgehead atoms. The highest BCUT2D eigenvalue weighted by Crippen LogP contribution is 2.26. The van der Waals surface area contributed by atoms with Crippen molar-refractivity contribution in [3.05, 3.63) is 54.0 Å². The zero-order valence-corrected chi connectivity index (χ0v) is 15.5. The summed E-state index contributed by atoms with van der Waals surface area (Å²) in [4.78, 5) is 12.5. The fourth-order valence-corrected chi connectivity index (χ4v) is 3.24. The highest BCUT2D eigenvalue weighted by Gasteiger charge is 2.21. The summed E-state index contributed by atoms with van der Waals surface area (Å²) in [5.74, 6) is 0.791. The summed E-state index contributed by atoms with van der Waals surface area (Å²) >= 11 is 1.31. The summed E-state index contributed by atoms with van der Waals surface area (Å²) < 4.78 is 20.1. The summed E-state index contributed by atoms with van der Waals surface area (Å²) in [7, 11) is 1.83. The lowest BCUT2D eigenvalue weighted by atomic mass is 10.1. The molecule has 1 N–H and O–H groups in total. The average molecular weight is 374 g/mol. The van der Waals surface area contributed by atoms with Gasteiger partial charge in [0.05, 0.1) is 17.6 Å². The molecule has 0 fully saturated rings. The van der Waals surface area contributed by atoms with E-state index >= 15 is 0 Å². The first kappa shape index (κ1) is 18.2. The van der Waals surface area contributed by atoms with Crippen molar-refractivity contribution in [1.29, 1.82) is 0 Å². The lowest BCUT2D eigenvalue weighted by Gasteiger charge is -2.17. The van der Waals surface area contributed by atoms with Gasteiger partial charge in [-0.05, 0) is 43.7 Å². The lowest BCUT2D eigenvalue weighted by molar-refractivity contribution is -0.120. The van der Waals surface area contributed by atoms with E-state index in [-0.39, 0.29) is 23.0 Å². The van der Waals surface area contributed by atoms with Crippen LogP contribution < -0.4 is 5.32 Å². The molecule has 1 aromatic carbocycles. The zero-order valence-electron chi connectivity index (χ0n) is 14.6. The average Bonchev–Trinajstić information content (AvgIpc) is 3.26. The maximum absolute atomic E-state index is 13.0. The Morgan fingerprint density at radius 1 is 1.23 bits per heavy atom. The number of benzene rings is 1. The van der Waals surface area contributed by atoms with Crippen LogP contribution >= 0.6 is 11.8 Å². The van der Waals surface area contributed by atoms with Gasteiger partial charge in [-0.1, -0.05) is 23.9 Å². The van der Waals surface area contributed by atoms with Gasteiger partial charge in [-0.3, -0.25) is 4.79 Å². The number of thioether (sulfide) groups is 1. The number of nitrogens with zero attached hydrogens (tertiary/aromatic N) is 3. The Bertz CT molecular complexity index is 877. The number of hydrogen-bond donors (Lipinski definition) is 1. The lowest BCUT2D eigenvalue weighted by Crippen LogP contribution is -2.33. The number of furan rings is 1. The molecule has 2 atom stereocenters. The number of halogens is 1. The molecule has 0 aliphatic heterocycles. The normalized spacial score (nSPS) is 13.4. The van der Waals surface area contributed by atoms with Crippen molar-refractivity contribution >= 4 is 17.7 Å². The van der Waals surface area contributed by atoms with Gasteiger partial charge >= 0.3 is 0 Å². The van der Waals surface area contributed by atoms with Gasteiger partial charge in [-0.15, -0.1) is 10.2 Å². The molecule has 2 aromatic heterocycles. The van der Waals surface area contributed by atoms with E-state index in [1.807, 2.05) is 14.0 Å². The van der Waals surface area contributed by atoms with E-state index in [0.717, 1.165) is 5.56 Å². The summed E-state index contributed by atoms with van der Waals surface area (Å²) in [6.07, 6.45) is 1.57. The van der Waals surface area contributed by atoms with Gasteiger partial charge in [-0.25, -0.2) is 4.39 Å². The monoisotopic (exact) mass is 374 g/mol. The third-order valence-corrected chi connectivity index (χ3v) is 5.09. The van der Waals surface area contributed by atoms with Crippen LogP contribution in [0.25, 0.3) is 11.6 Å². The number of nitrogens with one attached hydrogen (secondary N) is 1. The fraction of sp³-hybridized carbons (Fsp3) is 0.278. The van der Waals surface area contributed by atoms with Gasteiger partial charge in [-0.2, -0.15) is 0 Å². The van der Waals surface area contributed by atoms with Crippen LogP contribution in [0.3, 0.4) is 0 Å². The Kier molecular flexibility index (Phi) is 5.41. The maximum atomic E-state index is 13.0. The molecule has 6 nitrogen and oxygen atoms in total. The van der Waals surface area contributed by atoms with E-state index in [1.54, 1.807) is 42.0 Å². The number of hydrogen-bond acceptors (Lipinski definition) is 5. The molecule has 26 heavy (non-hydrogen) atoms. The second-order valence-corrected chi connectivity index (χ2v) is 7.19. The molecule has 3 rings (SSSR count). The zero-order chi connectivity index (χ0) is 18.7. The molecule has 0 spiro atoms. The summed E-state index contributed by atoms with van der Waals surface area (Å²) in [5.41, 5.74) is 0.843. The first-order valence-electron chi connectivity index (χ1n) is 8.11. The molecule has 2 heterocycles. The van der Waals surface area contributed by atoms with E-state index in [0.29, 0.717) is 16.7 Å². The van der Waals surface area contributed by atoms with Gasteiger partial charge < -0.3 is 14.3 Å². The molecule has 0 unspecified atom stereocenters. The topological polar surface area (TPSA) is 73.0 Å². The van der Waals surface area contributed by atoms with Gasteiger partial charge in [0.15, 0.2) is 16.7 Å². The summed E-state index contributed by atoms with van der Waals surface area (Å²) in [6, 6.07) is 9.46. The molecule has 0 aliphatic rings.